The summed E-state index contributed by atoms with van der Waals surface area (Å²) in [5.41, 5.74) is -0.535. The number of carboxylic acid groups (broad SMARTS) is 1. The molecule has 0 aromatic heterocycles. The first-order valence-electron chi connectivity index (χ1n) is 10.7. The summed E-state index contributed by atoms with van der Waals surface area (Å²) >= 11 is 0. The zero-order chi connectivity index (χ0) is 21.0. The van der Waals surface area contributed by atoms with Crippen molar-refractivity contribution in [2.75, 3.05) is 6.61 Å². The van der Waals surface area contributed by atoms with Crippen LogP contribution in [0.3, 0.4) is 0 Å². The molecule has 0 bridgehead atoms. The number of allylic oxidation sites excluding steroid dienone is 2. The van der Waals surface area contributed by atoms with Crippen molar-refractivity contribution in [3.8, 4) is 0 Å². The molecule has 1 unspecified atom stereocenters. The van der Waals surface area contributed by atoms with E-state index in [1.54, 1.807) is 0 Å². The molecule has 0 aliphatic heterocycles. The number of hydrogen-bond donors (Lipinski definition) is 2. The quantitative estimate of drug-likeness (QED) is 0.176. The first-order chi connectivity index (χ1) is 13.5. The lowest BCUT2D eigenvalue weighted by Crippen LogP contribution is -2.22. The van der Waals surface area contributed by atoms with Crippen LogP contribution < -0.4 is 4.89 Å². The average molecular weight is 416 g/mol. The Kier molecular flexibility index (Phi) is 18.5. The Morgan fingerprint density at radius 1 is 0.929 bits per heavy atom. The Balaban J connectivity index is 3.58. The van der Waals surface area contributed by atoms with Crippen LogP contribution in [-0.4, -0.2) is 34.4 Å². The highest BCUT2D eigenvalue weighted by Crippen LogP contribution is 2.22. The van der Waals surface area contributed by atoms with E-state index in [2.05, 4.69) is 23.8 Å². The van der Waals surface area contributed by atoms with Crippen LogP contribution in [-0.2, 0) is 9.59 Å². The van der Waals surface area contributed by atoms with Crippen LogP contribution in [0, 0.1) is 0 Å². The Morgan fingerprint density at radius 2 is 1.43 bits per heavy atom. The minimum atomic E-state index is -2.58. The maximum Gasteiger partial charge on any atom is 0.341 e. The number of aliphatic hydroxyl groups excluding tert-OH is 1. The van der Waals surface area contributed by atoms with E-state index in [0.29, 0.717) is 6.42 Å². The second-order valence-electron chi connectivity index (χ2n) is 7.15. The molecule has 162 valence electrons. The Labute approximate surface area is 171 Å². The molecule has 28 heavy (non-hydrogen) atoms. The summed E-state index contributed by atoms with van der Waals surface area (Å²) in [5.74, 6) is -1.38. The predicted molar refractivity (Wildman–Crippen MR) is 112 cm³/mol. The molecule has 0 aliphatic rings. The number of carbonyl (C=O) groups is 2. The normalized spacial score (nSPS) is 13.2. The smallest absolute Gasteiger partial charge is 0.341 e. The zero-order valence-electron chi connectivity index (χ0n) is 17.4. The fraction of sp³-hybridized carbons (Fsp3) is 0.810. The average Bonchev–Trinajstić information content (AvgIpc) is 2.68. The van der Waals surface area contributed by atoms with Crippen LogP contribution in [0.5, 0.6) is 0 Å². The van der Waals surface area contributed by atoms with Crippen molar-refractivity contribution in [1.82, 2.24) is 0 Å². The van der Waals surface area contributed by atoms with Crippen molar-refractivity contribution in [1.29, 1.82) is 0 Å². The van der Waals surface area contributed by atoms with Crippen LogP contribution in [0.4, 0.5) is 0 Å². The summed E-state index contributed by atoms with van der Waals surface area (Å²) in [4.78, 5) is 34.0. The van der Waals surface area contributed by atoms with E-state index >= 15 is 0 Å². The summed E-state index contributed by atoms with van der Waals surface area (Å²) in [5, 5.41) is 17.5. The number of carbonyl (C=O) groups excluding carboxylic acids is 1. The molecule has 0 aromatic carbocycles. The van der Waals surface area contributed by atoms with Gasteiger partial charge in [0, 0.05) is 0 Å². The van der Waals surface area contributed by atoms with Crippen LogP contribution in [0.25, 0.3) is 0 Å². The van der Waals surface area contributed by atoms with Crippen molar-refractivity contribution in [2.24, 2.45) is 4.74 Å². The molecule has 0 aliphatic carbocycles. The monoisotopic (exact) mass is 415 g/mol. The molecular formula is C21H38NO5P. The van der Waals surface area contributed by atoms with Crippen LogP contribution >= 0.6 is 7.94 Å². The van der Waals surface area contributed by atoms with E-state index in [4.69, 9.17) is 10.2 Å². The standard InChI is InChI=1S/C21H38NO5P/c1-2-3-4-5-6-7-8-9-10-11-12-13-14-15-16-17-20(24)28(27)22-19(18-23)21(25)26/h9-10,19,23H,2-8,11-18H2,1H3,(H,25,26)/b10-9-/t19-/m0/s1. The van der Waals surface area contributed by atoms with E-state index in [9.17, 15) is 14.5 Å². The first-order valence-corrected chi connectivity index (χ1v) is 11.9. The molecule has 0 radical (unpaired) electrons. The van der Waals surface area contributed by atoms with Gasteiger partial charge >= 0.3 is 11.5 Å². The van der Waals surface area contributed by atoms with Crippen LogP contribution in [0.15, 0.2) is 16.9 Å². The second-order valence-corrected chi connectivity index (χ2v) is 8.43. The molecule has 0 saturated carbocycles. The van der Waals surface area contributed by atoms with Gasteiger partial charge in [0.1, 0.15) is 0 Å². The summed E-state index contributed by atoms with van der Waals surface area (Å²) in [7, 11) is -2.58. The summed E-state index contributed by atoms with van der Waals surface area (Å²) < 4.78 is 3.39. The van der Waals surface area contributed by atoms with Gasteiger partial charge in [-0.3, -0.25) is 0 Å². The van der Waals surface area contributed by atoms with Crippen molar-refractivity contribution in [2.45, 2.75) is 103 Å². The maximum absolute atomic E-state index is 11.7. The molecule has 0 saturated heterocycles. The topological polar surface area (TPSA) is 110 Å². The van der Waals surface area contributed by atoms with Gasteiger partial charge in [-0.1, -0.05) is 75.2 Å². The Bertz CT molecular complexity index is 479. The third kappa shape index (κ3) is 15.9. The minimum absolute atomic E-state index is 0.147. The molecule has 0 aromatic rings. The van der Waals surface area contributed by atoms with Gasteiger partial charge in [0.25, 0.3) is 0 Å². The van der Waals surface area contributed by atoms with Gasteiger partial charge in [-0.2, -0.15) is 0 Å². The van der Waals surface area contributed by atoms with Gasteiger partial charge in [-0.25, -0.2) is 9.59 Å². The number of aliphatic hydroxyl groups is 1. The highest BCUT2D eigenvalue weighted by molar-refractivity contribution is 7.59. The third-order valence-electron chi connectivity index (χ3n) is 4.57. The molecule has 0 heterocycles. The maximum atomic E-state index is 11.7. The van der Waals surface area contributed by atoms with E-state index in [-0.39, 0.29) is 6.42 Å². The van der Waals surface area contributed by atoms with Gasteiger partial charge in [0.2, 0.25) is 14.0 Å². The SMILES string of the molecule is CCCCCCCC/C=C\CCCCCCCC(=O)[P+]([O-])=N[C@@H](CO)C(=O)O. The fourth-order valence-corrected chi connectivity index (χ4v) is 3.70. The Hall–Kier alpha value is -1.10. The van der Waals surface area contributed by atoms with E-state index in [1.807, 2.05) is 0 Å². The van der Waals surface area contributed by atoms with E-state index in [1.165, 1.54) is 44.9 Å². The second kappa shape index (κ2) is 19.2. The fourth-order valence-electron chi connectivity index (χ4n) is 2.80. The molecule has 2 N–H and O–H groups in total. The zero-order valence-corrected chi connectivity index (χ0v) is 18.2. The molecule has 0 amide bonds. The number of aliphatic carboxylic acids is 1. The molecule has 0 fully saturated rings. The lowest BCUT2D eigenvalue weighted by atomic mass is 10.1. The van der Waals surface area contributed by atoms with E-state index in [0.717, 1.165) is 32.1 Å². The number of rotatable bonds is 19. The minimum Gasteiger partial charge on any atom is -0.605 e. The van der Waals surface area contributed by atoms with Gasteiger partial charge in [0.15, 0.2) is 0 Å². The van der Waals surface area contributed by atoms with Crippen molar-refractivity contribution in [3.05, 3.63) is 12.2 Å². The van der Waals surface area contributed by atoms with Gasteiger partial charge < -0.3 is 15.1 Å². The third-order valence-corrected chi connectivity index (χ3v) is 5.71. The molecule has 6 nitrogen and oxygen atoms in total. The van der Waals surface area contributed by atoms with Crippen LogP contribution in [0.2, 0.25) is 0 Å². The van der Waals surface area contributed by atoms with Gasteiger partial charge in [0.05, 0.1) is 13.0 Å². The number of unbranched alkanes of at least 4 members (excludes halogenated alkanes) is 11. The lowest BCUT2D eigenvalue weighted by molar-refractivity contribution is -0.162. The lowest BCUT2D eigenvalue weighted by Gasteiger charge is -2.01. The number of hydrogen-bond acceptors (Lipinski definition) is 5. The number of carboxylic acids is 1. The highest BCUT2D eigenvalue weighted by atomic mass is 31.1. The predicted octanol–water partition coefficient (Wildman–Crippen LogP) is 4.94. The molecule has 7 heteroatoms. The van der Waals surface area contributed by atoms with Crippen LogP contribution in [0.1, 0.15) is 96.8 Å². The largest absolute Gasteiger partial charge is 0.605 e. The number of nitrogens with zero attached hydrogens (tertiary/aromatic N) is 1. The Morgan fingerprint density at radius 3 is 1.93 bits per heavy atom. The molecule has 2 atom stereocenters. The van der Waals surface area contributed by atoms with Gasteiger partial charge in [-0.05, 0) is 32.1 Å². The molecule has 0 spiro atoms. The first kappa shape index (κ1) is 26.9. The van der Waals surface area contributed by atoms with Gasteiger partial charge in [-0.15, -0.1) is 0 Å². The molecule has 0 rings (SSSR count). The summed E-state index contributed by atoms with van der Waals surface area (Å²) in [6, 6.07) is -1.48. The van der Waals surface area contributed by atoms with Crippen molar-refractivity contribution in [3.63, 3.8) is 0 Å². The van der Waals surface area contributed by atoms with Crippen molar-refractivity contribution < 1.29 is 24.7 Å². The van der Waals surface area contributed by atoms with Crippen molar-refractivity contribution >= 4 is 19.4 Å². The molecular weight excluding hydrogens is 377 g/mol. The van der Waals surface area contributed by atoms with E-state index < -0.39 is 32.1 Å². The highest BCUT2D eigenvalue weighted by Gasteiger charge is 2.22. The summed E-state index contributed by atoms with van der Waals surface area (Å²) in [6.45, 7) is 1.48. The summed E-state index contributed by atoms with van der Waals surface area (Å²) in [6.07, 6.45) is 19.8.